The highest BCUT2D eigenvalue weighted by molar-refractivity contribution is 7.12. The van der Waals surface area contributed by atoms with Gasteiger partial charge in [-0.25, -0.2) is 0 Å². The van der Waals surface area contributed by atoms with Crippen molar-refractivity contribution in [2.45, 2.75) is 19.8 Å². The third kappa shape index (κ3) is 3.20. The summed E-state index contributed by atoms with van der Waals surface area (Å²) < 4.78 is 1.97. The summed E-state index contributed by atoms with van der Waals surface area (Å²) in [5.74, 6) is -0.0595. The maximum absolute atomic E-state index is 12.8. The highest BCUT2D eigenvalue weighted by Crippen LogP contribution is 2.27. The fourth-order valence-corrected chi connectivity index (χ4v) is 4.10. The van der Waals surface area contributed by atoms with Crippen molar-refractivity contribution in [1.29, 1.82) is 0 Å². The van der Waals surface area contributed by atoms with Crippen LogP contribution in [0.3, 0.4) is 0 Å². The lowest BCUT2D eigenvalue weighted by molar-refractivity contribution is 0.103. The number of anilines is 2. The highest BCUT2D eigenvalue weighted by atomic mass is 32.1. The lowest BCUT2D eigenvalue weighted by atomic mass is 10.1. The second-order valence-corrected chi connectivity index (χ2v) is 7.29. The summed E-state index contributed by atoms with van der Waals surface area (Å²) >= 11 is 1.46. The molecule has 25 heavy (non-hydrogen) atoms. The van der Waals surface area contributed by atoms with Crippen LogP contribution >= 0.6 is 11.3 Å². The van der Waals surface area contributed by atoms with E-state index in [1.165, 1.54) is 29.9 Å². The number of carbonyl (C=O) groups excluding carboxylic acids is 1. The number of rotatable bonds is 4. The first-order valence-electron chi connectivity index (χ1n) is 8.60. The van der Waals surface area contributed by atoms with E-state index in [9.17, 15) is 4.79 Å². The van der Waals surface area contributed by atoms with Crippen LogP contribution in [0, 0.1) is 6.92 Å². The lowest BCUT2D eigenvalue weighted by Crippen LogP contribution is -2.18. The van der Waals surface area contributed by atoms with E-state index in [0.717, 1.165) is 34.9 Å². The molecule has 0 aliphatic carbocycles. The van der Waals surface area contributed by atoms with Crippen LogP contribution in [0.1, 0.15) is 28.1 Å². The first kappa shape index (κ1) is 16.0. The Kier molecular flexibility index (Phi) is 4.32. The van der Waals surface area contributed by atoms with Gasteiger partial charge in [0.15, 0.2) is 0 Å². The van der Waals surface area contributed by atoms with Crippen LogP contribution in [-0.2, 0) is 0 Å². The zero-order chi connectivity index (χ0) is 17.2. The van der Waals surface area contributed by atoms with Gasteiger partial charge in [0.1, 0.15) is 4.88 Å². The second-order valence-electron chi connectivity index (χ2n) is 6.37. The van der Waals surface area contributed by atoms with Crippen molar-refractivity contribution in [3.63, 3.8) is 0 Å². The van der Waals surface area contributed by atoms with Gasteiger partial charge >= 0.3 is 0 Å². The Morgan fingerprint density at radius 2 is 1.88 bits per heavy atom. The molecule has 2 aromatic heterocycles. The van der Waals surface area contributed by atoms with Gasteiger partial charge in [0.05, 0.1) is 5.69 Å². The molecule has 1 aliphatic rings. The molecule has 0 radical (unpaired) electrons. The maximum atomic E-state index is 12.8. The predicted octanol–water partition coefficient (Wildman–Crippen LogP) is 4.70. The van der Waals surface area contributed by atoms with Crippen LogP contribution in [0.2, 0.25) is 0 Å². The first-order chi connectivity index (χ1) is 12.2. The molecule has 1 saturated heterocycles. The Morgan fingerprint density at radius 1 is 1.12 bits per heavy atom. The summed E-state index contributed by atoms with van der Waals surface area (Å²) in [6.07, 6.45) is 6.43. The molecule has 0 saturated carbocycles. The molecule has 0 atom stereocenters. The average Bonchev–Trinajstić information content (AvgIpc) is 3.37. The Bertz CT molecular complexity index is 876. The van der Waals surface area contributed by atoms with E-state index < -0.39 is 0 Å². The van der Waals surface area contributed by atoms with Crippen LogP contribution < -0.4 is 10.2 Å². The van der Waals surface area contributed by atoms with Crippen molar-refractivity contribution in [3.05, 3.63) is 64.6 Å². The van der Waals surface area contributed by atoms with E-state index in [-0.39, 0.29) is 5.91 Å². The van der Waals surface area contributed by atoms with Crippen LogP contribution in [0.25, 0.3) is 5.69 Å². The minimum absolute atomic E-state index is 0.0595. The van der Waals surface area contributed by atoms with E-state index >= 15 is 0 Å². The molecule has 1 fully saturated rings. The van der Waals surface area contributed by atoms with E-state index in [2.05, 4.69) is 29.3 Å². The van der Waals surface area contributed by atoms with Crippen LogP contribution in [0.15, 0.2) is 54.2 Å². The molecule has 4 nitrogen and oxygen atoms in total. The van der Waals surface area contributed by atoms with Crippen LogP contribution in [-0.4, -0.2) is 23.6 Å². The van der Waals surface area contributed by atoms with Gasteiger partial charge in [-0.1, -0.05) is 0 Å². The topological polar surface area (TPSA) is 37.3 Å². The fourth-order valence-electron chi connectivity index (χ4n) is 3.31. The number of carbonyl (C=O) groups is 1. The molecule has 1 amide bonds. The molecular weight excluding hydrogens is 330 g/mol. The van der Waals surface area contributed by atoms with Gasteiger partial charge in [0, 0.05) is 36.9 Å². The standard InChI is InChI=1S/C20H21N3OS/c1-15-14-16(22-9-2-3-10-22)6-7-17(15)21-20(24)19-18(8-13-25-19)23-11-4-5-12-23/h4-8,11-14H,2-3,9-10H2,1H3,(H,21,24). The van der Waals surface area contributed by atoms with Gasteiger partial charge in [-0.05, 0) is 67.1 Å². The molecule has 3 heterocycles. The molecule has 5 heteroatoms. The molecule has 128 valence electrons. The van der Waals surface area contributed by atoms with Crippen molar-refractivity contribution in [1.82, 2.24) is 4.57 Å². The molecule has 0 bridgehead atoms. The number of nitrogens with zero attached hydrogens (tertiary/aromatic N) is 2. The Labute approximate surface area is 151 Å². The normalized spacial score (nSPS) is 14.0. The zero-order valence-corrected chi connectivity index (χ0v) is 15.1. The van der Waals surface area contributed by atoms with E-state index in [1.807, 2.05) is 46.6 Å². The van der Waals surface area contributed by atoms with Crippen LogP contribution in [0.4, 0.5) is 11.4 Å². The number of nitrogens with one attached hydrogen (secondary N) is 1. The number of thiophene rings is 1. The maximum Gasteiger partial charge on any atom is 0.267 e. The van der Waals surface area contributed by atoms with E-state index in [4.69, 9.17) is 0 Å². The summed E-state index contributed by atoms with van der Waals surface area (Å²) in [6, 6.07) is 12.2. The van der Waals surface area contributed by atoms with Crippen molar-refractivity contribution < 1.29 is 4.79 Å². The minimum atomic E-state index is -0.0595. The van der Waals surface area contributed by atoms with Crippen molar-refractivity contribution in [2.75, 3.05) is 23.3 Å². The number of aromatic nitrogens is 1. The van der Waals surface area contributed by atoms with E-state index in [0.29, 0.717) is 0 Å². The third-order valence-corrected chi connectivity index (χ3v) is 5.57. The van der Waals surface area contributed by atoms with Gasteiger partial charge in [-0.15, -0.1) is 11.3 Å². The quantitative estimate of drug-likeness (QED) is 0.740. The van der Waals surface area contributed by atoms with E-state index in [1.54, 1.807) is 0 Å². The van der Waals surface area contributed by atoms with Gasteiger partial charge in [-0.3, -0.25) is 4.79 Å². The molecule has 4 rings (SSSR count). The highest BCUT2D eigenvalue weighted by Gasteiger charge is 2.17. The Morgan fingerprint density at radius 3 is 2.60 bits per heavy atom. The molecule has 3 aromatic rings. The number of benzene rings is 1. The summed E-state index contributed by atoms with van der Waals surface area (Å²) in [6.45, 7) is 4.30. The molecule has 1 aliphatic heterocycles. The smallest absolute Gasteiger partial charge is 0.267 e. The van der Waals surface area contributed by atoms with Crippen molar-refractivity contribution >= 4 is 28.6 Å². The number of amides is 1. The summed E-state index contributed by atoms with van der Waals surface area (Å²) in [5, 5.41) is 5.02. The van der Waals surface area contributed by atoms with Gasteiger partial charge < -0.3 is 14.8 Å². The number of hydrogen-bond acceptors (Lipinski definition) is 3. The molecule has 1 N–H and O–H groups in total. The van der Waals surface area contributed by atoms with Gasteiger partial charge in [-0.2, -0.15) is 0 Å². The van der Waals surface area contributed by atoms with Crippen molar-refractivity contribution in [3.8, 4) is 5.69 Å². The molecular formula is C20H21N3OS. The summed E-state index contributed by atoms with van der Waals surface area (Å²) in [5.41, 5.74) is 4.13. The minimum Gasteiger partial charge on any atom is -0.372 e. The third-order valence-electron chi connectivity index (χ3n) is 4.66. The monoisotopic (exact) mass is 351 g/mol. The predicted molar refractivity (Wildman–Crippen MR) is 104 cm³/mol. The fraction of sp³-hybridized carbons (Fsp3) is 0.250. The average molecular weight is 351 g/mol. The zero-order valence-electron chi connectivity index (χ0n) is 14.2. The summed E-state index contributed by atoms with van der Waals surface area (Å²) in [7, 11) is 0. The summed E-state index contributed by atoms with van der Waals surface area (Å²) in [4.78, 5) is 15.9. The second kappa shape index (κ2) is 6.76. The first-order valence-corrected chi connectivity index (χ1v) is 9.48. The van der Waals surface area contributed by atoms with Gasteiger partial charge in [0.25, 0.3) is 5.91 Å². The number of aryl methyl sites for hydroxylation is 1. The van der Waals surface area contributed by atoms with Gasteiger partial charge in [0.2, 0.25) is 0 Å². The Hall–Kier alpha value is -2.53. The van der Waals surface area contributed by atoms with Crippen LogP contribution in [0.5, 0.6) is 0 Å². The molecule has 1 aromatic carbocycles. The lowest BCUT2D eigenvalue weighted by Gasteiger charge is -2.19. The van der Waals surface area contributed by atoms with Crippen molar-refractivity contribution in [2.24, 2.45) is 0 Å². The largest absolute Gasteiger partial charge is 0.372 e. The number of hydrogen-bond donors (Lipinski definition) is 1. The Balaban J connectivity index is 1.54. The SMILES string of the molecule is Cc1cc(N2CCCC2)ccc1NC(=O)c1sccc1-n1cccc1. The molecule has 0 unspecified atom stereocenters. The molecule has 0 spiro atoms.